The summed E-state index contributed by atoms with van der Waals surface area (Å²) in [5, 5.41) is 9.28. The van der Waals surface area contributed by atoms with Crippen molar-refractivity contribution in [3.8, 4) is 17.6 Å². The third-order valence-corrected chi connectivity index (χ3v) is 7.44. The van der Waals surface area contributed by atoms with Crippen LogP contribution in [0.3, 0.4) is 0 Å². The number of ether oxygens (including phenoxy) is 3. The van der Waals surface area contributed by atoms with Gasteiger partial charge in [-0.2, -0.15) is 5.26 Å². The number of thioether (sulfide) groups is 1. The van der Waals surface area contributed by atoms with Gasteiger partial charge in [0.2, 0.25) is 0 Å². The molecule has 2 saturated heterocycles. The Balaban J connectivity index is 1.53. The number of amides is 1. The Bertz CT molecular complexity index is 1160. The molecule has 6 nitrogen and oxygen atoms in total. The molecule has 0 saturated carbocycles. The first-order valence-electron chi connectivity index (χ1n) is 10.4. The smallest absolute Gasteiger partial charge is 0.266 e. The van der Waals surface area contributed by atoms with E-state index in [-0.39, 0.29) is 18.6 Å². The Kier molecular flexibility index (Phi) is 7.71. The lowest BCUT2D eigenvalue weighted by Gasteiger charge is -2.18. The zero-order chi connectivity index (χ0) is 23.4. The van der Waals surface area contributed by atoms with E-state index < -0.39 is 0 Å². The largest absolute Gasteiger partial charge is 0.493 e. The number of methoxy groups -OCH3 is 1. The van der Waals surface area contributed by atoms with Crippen molar-refractivity contribution < 1.29 is 19.0 Å². The van der Waals surface area contributed by atoms with Crippen molar-refractivity contribution in [2.45, 2.75) is 25.6 Å². The van der Waals surface area contributed by atoms with E-state index in [1.807, 2.05) is 24.3 Å². The zero-order valence-corrected chi connectivity index (χ0v) is 21.1. The van der Waals surface area contributed by atoms with Gasteiger partial charge in [-0.25, -0.2) is 0 Å². The maximum atomic E-state index is 13.0. The molecule has 2 fully saturated rings. The van der Waals surface area contributed by atoms with Crippen LogP contribution in [0.1, 0.15) is 29.5 Å². The maximum absolute atomic E-state index is 13.0. The van der Waals surface area contributed by atoms with Crippen LogP contribution in [0.25, 0.3) is 6.08 Å². The molecule has 33 heavy (non-hydrogen) atoms. The number of hydrogen-bond acceptors (Lipinski definition) is 7. The average Bonchev–Trinajstić information content (AvgIpc) is 3.43. The van der Waals surface area contributed by atoms with Gasteiger partial charge in [0.1, 0.15) is 10.9 Å². The van der Waals surface area contributed by atoms with Crippen LogP contribution in [0.4, 0.5) is 0 Å². The second-order valence-corrected chi connectivity index (χ2v) is 10.0. The van der Waals surface area contributed by atoms with Crippen molar-refractivity contribution in [2.75, 3.05) is 20.3 Å². The molecule has 0 bridgehead atoms. The Labute approximate surface area is 210 Å². The SMILES string of the molecule is COc1cc(/C=C2\SC(=S)N(C[C@@H]3CCCO3)C2=O)c(Br)cc1OCc1ccccc1C#N. The number of benzene rings is 2. The summed E-state index contributed by atoms with van der Waals surface area (Å²) in [6, 6.07) is 13.1. The lowest BCUT2D eigenvalue weighted by Crippen LogP contribution is -2.35. The molecule has 0 unspecified atom stereocenters. The predicted molar refractivity (Wildman–Crippen MR) is 135 cm³/mol. The maximum Gasteiger partial charge on any atom is 0.266 e. The van der Waals surface area contributed by atoms with E-state index in [4.69, 9.17) is 26.4 Å². The Morgan fingerprint density at radius 1 is 1.36 bits per heavy atom. The number of thiocarbonyl (C=S) groups is 1. The minimum atomic E-state index is -0.111. The molecule has 2 aliphatic rings. The summed E-state index contributed by atoms with van der Waals surface area (Å²) in [7, 11) is 1.56. The van der Waals surface area contributed by atoms with Crippen LogP contribution >= 0.6 is 39.9 Å². The minimum Gasteiger partial charge on any atom is -0.493 e. The fraction of sp³-hybridized carbons (Fsp3) is 0.292. The number of nitrogens with zero attached hydrogens (tertiary/aromatic N) is 2. The Morgan fingerprint density at radius 3 is 2.91 bits per heavy atom. The quantitative estimate of drug-likeness (QED) is 0.346. The molecule has 0 aliphatic carbocycles. The molecular weight excluding hydrogens is 524 g/mol. The van der Waals surface area contributed by atoms with Crippen molar-refractivity contribution in [3.05, 3.63) is 62.5 Å². The average molecular weight is 545 g/mol. The second-order valence-electron chi connectivity index (χ2n) is 7.51. The van der Waals surface area contributed by atoms with Crippen LogP contribution in [0.5, 0.6) is 11.5 Å². The lowest BCUT2D eigenvalue weighted by atomic mass is 10.1. The normalized spacial score (nSPS) is 19.2. The minimum absolute atomic E-state index is 0.0428. The van der Waals surface area contributed by atoms with Crippen LogP contribution in [0.15, 0.2) is 45.8 Å². The molecule has 0 N–H and O–H groups in total. The molecule has 4 rings (SSSR count). The van der Waals surface area contributed by atoms with Crippen molar-refractivity contribution in [3.63, 3.8) is 0 Å². The van der Waals surface area contributed by atoms with Crippen molar-refractivity contribution in [1.82, 2.24) is 4.90 Å². The van der Waals surface area contributed by atoms with Gasteiger partial charge >= 0.3 is 0 Å². The van der Waals surface area contributed by atoms with Gasteiger partial charge in [0.25, 0.3) is 5.91 Å². The second kappa shape index (κ2) is 10.7. The van der Waals surface area contributed by atoms with Gasteiger partial charge in [0, 0.05) is 16.6 Å². The lowest BCUT2D eigenvalue weighted by molar-refractivity contribution is -0.123. The van der Waals surface area contributed by atoms with E-state index in [1.54, 1.807) is 30.2 Å². The first-order valence-corrected chi connectivity index (χ1v) is 12.4. The van der Waals surface area contributed by atoms with Crippen molar-refractivity contribution >= 4 is 56.2 Å². The van der Waals surface area contributed by atoms with Crippen LogP contribution in [-0.4, -0.2) is 41.5 Å². The fourth-order valence-corrected chi connectivity index (χ4v) is 5.34. The number of carbonyl (C=O) groups excluding carboxylic acids is 1. The molecule has 0 aromatic heterocycles. The van der Waals surface area contributed by atoms with Gasteiger partial charge in [-0.05, 0) is 42.7 Å². The molecule has 0 radical (unpaired) electrons. The summed E-state index contributed by atoms with van der Waals surface area (Å²) in [5.74, 6) is 0.939. The molecule has 9 heteroatoms. The molecule has 170 valence electrons. The van der Waals surface area contributed by atoms with E-state index in [1.165, 1.54) is 11.8 Å². The highest BCUT2D eigenvalue weighted by Crippen LogP contribution is 2.38. The van der Waals surface area contributed by atoms with E-state index in [0.717, 1.165) is 35.0 Å². The number of halogens is 1. The summed E-state index contributed by atoms with van der Waals surface area (Å²) >= 11 is 10.3. The van der Waals surface area contributed by atoms with E-state index >= 15 is 0 Å². The molecule has 1 atom stereocenters. The molecular formula is C24H21BrN2O4S2. The van der Waals surface area contributed by atoms with Gasteiger partial charge < -0.3 is 14.2 Å². The van der Waals surface area contributed by atoms with Gasteiger partial charge in [0.05, 0.1) is 36.3 Å². The highest BCUT2D eigenvalue weighted by atomic mass is 79.9. The first-order chi connectivity index (χ1) is 16.0. The first kappa shape index (κ1) is 23.8. The van der Waals surface area contributed by atoms with E-state index in [0.29, 0.717) is 32.8 Å². The third-order valence-electron chi connectivity index (χ3n) is 5.37. The third kappa shape index (κ3) is 5.41. The van der Waals surface area contributed by atoms with Crippen molar-refractivity contribution in [2.24, 2.45) is 0 Å². The topological polar surface area (TPSA) is 71.8 Å². The summed E-state index contributed by atoms with van der Waals surface area (Å²) in [6.07, 6.45) is 3.80. The standard InChI is InChI=1S/C24H21BrN2O4S2/c1-29-20-9-17(10-22-23(28)27(24(32)33-22)13-18-7-4-8-30-18)19(25)11-21(20)31-14-16-6-3-2-5-15(16)12-26/h2-3,5-6,9-11,18H,4,7-8,13-14H2,1H3/b22-10-/t18-/m0/s1. The van der Waals surface area contributed by atoms with E-state index in [9.17, 15) is 10.1 Å². The van der Waals surface area contributed by atoms with E-state index in [2.05, 4.69) is 22.0 Å². The number of rotatable bonds is 7. The summed E-state index contributed by atoms with van der Waals surface area (Å²) in [4.78, 5) is 15.1. The Hall–Kier alpha value is -2.38. The van der Waals surface area contributed by atoms with Gasteiger partial charge in [-0.3, -0.25) is 9.69 Å². The highest BCUT2D eigenvalue weighted by Gasteiger charge is 2.34. The molecule has 2 aliphatic heterocycles. The molecule has 2 aromatic rings. The van der Waals surface area contributed by atoms with Crippen LogP contribution in [-0.2, 0) is 16.1 Å². The fourth-order valence-electron chi connectivity index (χ4n) is 3.64. The van der Waals surface area contributed by atoms with Crippen LogP contribution < -0.4 is 9.47 Å². The zero-order valence-electron chi connectivity index (χ0n) is 17.9. The Morgan fingerprint density at radius 2 is 2.18 bits per heavy atom. The molecule has 2 aromatic carbocycles. The highest BCUT2D eigenvalue weighted by molar-refractivity contribution is 9.10. The number of hydrogen-bond donors (Lipinski definition) is 0. The van der Waals surface area contributed by atoms with Crippen molar-refractivity contribution in [1.29, 1.82) is 5.26 Å². The predicted octanol–water partition coefficient (Wildman–Crippen LogP) is 5.29. The van der Waals surface area contributed by atoms with Gasteiger partial charge in [-0.15, -0.1) is 0 Å². The van der Waals surface area contributed by atoms with Crippen LogP contribution in [0, 0.1) is 11.3 Å². The number of nitriles is 1. The summed E-state index contributed by atoms with van der Waals surface area (Å²) < 4.78 is 18.4. The molecule has 2 heterocycles. The van der Waals surface area contributed by atoms with Gasteiger partial charge in [0.15, 0.2) is 11.5 Å². The summed E-state index contributed by atoms with van der Waals surface area (Å²) in [5.41, 5.74) is 2.13. The summed E-state index contributed by atoms with van der Waals surface area (Å²) in [6.45, 7) is 1.45. The monoisotopic (exact) mass is 544 g/mol. The van der Waals surface area contributed by atoms with Gasteiger partial charge in [-0.1, -0.05) is 58.1 Å². The molecule has 0 spiro atoms. The van der Waals surface area contributed by atoms with Crippen LogP contribution in [0.2, 0.25) is 0 Å². The molecule has 1 amide bonds. The number of carbonyl (C=O) groups is 1.